The summed E-state index contributed by atoms with van der Waals surface area (Å²) in [7, 11) is 0. The van der Waals surface area contributed by atoms with Gasteiger partial charge in [0.2, 0.25) is 0 Å². The van der Waals surface area contributed by atoms with Crippen molar-refractivity contribution < 1.29 is 4.79 Å². The third-order valence-electron chi connectivity index (χ3n) is 4.39. The van der Waals surface area contributed by atoms with E-state index >= 15 is 0 Å². The van der Waals surface area contributed by atoms with Gasteiger partial charge in [-0.05, 0) is 41.7 Å². The van der Waals surface area contributed by atoms with Gasteiger partial charge in [0.25, 0.3) is 0 Å². The number of carbonyl (C=O) groups is 1. The first-order chi connectivity index (χ1) is 11.9. The molecule has 3 aromatic rings. The Kier molecular flexibility index (Phi) is 4.08. The maximum absolute atomic E-state index is 12.3. The zero-order valence-corrected chi connectivity index (χ0v) is 16.4. The predicted octanol–water partition coefficient (Wildman–Crippen LogP) is 5.79. The van der Waals surface area contributed by atoms with Crippen LogP contribution in [0, 0.1) is 5.41 Å². The molecule has 4 rings (SSSR count). The lowest BCUT2D eigenvalue weighted by molar-refractivity contribution is 0.0910. The molecular weight excluding hydrogens is 396 g/mol. The molecule has 0 radical (unpaired) electrons. The van der Waals surface area contributed by atoms with Crippen molar-refractivity contribution in [2.75, 3.05) is 0 Å². The highest BCUT2D eigenvalue weighted by molar-refractivity contribution is 9.10. The number of aromatic nitrogens is 2. The molecule has 1 aliphatic rings. The second-order valence-corrected chi connectivity index (χ2v) is 9.12. The lowest BCUT2D eigenvalue weighted by atomic mass is 9.75. The molecule has 0 fully saturated rings. The predicted molar refractivity (Wildman–Crippen MR) is 105 cm³/mol. The smallest absolute Gasteiger partial charge is 0.165 e. The summed E-state index contributed by atoms with van der Waals surface area (Å²) in [6.07, 6.45) is 3.30. The summed E-state index contributed by atoms with van der Waals surface area (Å²) in [5.41, 5.74) is 3.62. The molecule has 1 aliphatic carbocycles. The van der Waals surface area contributed by atoms with Gasteiger partial charge in [-0.2, -0.15) is 0 Å². The summed E-state index contributed by atoms with van der Waals surface area (Å²) < 4.78 is 1.05. The number of pyridine rings is 1. The number of thiazole rings is 1. The van der Waals surface area contributed by atoms with Crippen LogP contribution in [-0.4, -0.2) is 15.8 Å². The topological polar surface area (TPSA) is 42.9 Å². The molecule has 2 heterocycles. The van der Waals surface area contributed by atoms with E-state index in [9.17, 15) is 4.79 Å². The zero-order chi connectivity index (χ0) is 17.6. The minimum Gasteiger partial charge on any atom is -0.294 e. The fourth-order valence-corrected chi connectivity index (χ4v) is 4.50. The van der Waals surface area contributed by atoms with Crippen molar-refractivity contribution in [2.45, 2.75) is 26.7 Å². The van der Waals surface area contributed by atoms with Gasteiger partial charge in [0, 0.05) is 22.7 Å². The molecule has 126 valence electrons. The van der Waals surface area contributed by atoms with Crippen LogP contribution in [0.1, 0.15) is 36.3 Å². The fraction of sp³-hybridized carbons (Fsp3) is 0.250. The van der Waals surface area contributed by atoms with E-state index < -0.39 is 0 Å². The van der Waals surface area contributed by atoms with Gasteiger partial charge in [-0.3, -0.25) is 4.79 Å². The highest BCUT2D eigenvalue weighted by atomic mass is 79.9. The summed E-state index contributed by atoms with van der Waals surface area (Å²) >= 11 is 5.13. The van der Waals surface area contributed by atoms with Gasteiger partial charge in [0.15, 0.2) is 5.78 Å². The van der Waals surface area contributed by atoms with Gasteiger partial charge in [-0.25, -0.2) is 9.97 Å². The summed E-state index contributed by atoms with van der Waals surface area (Å²) in [5, 5.41) is 0.883. The van der Waals surface area contributed by atoms with Crippen molar-refractivity contribution >= 4 is 33.0 Å². The molecule has 5 heteroatoms. The van der Waals surface area contributed by atoms with Crippen LogP contribution in [0.25, 0.3) is 21.1 Å². The van der Waals surface area contributed by atoms with E-state index in [-0.39, 0.29) is 11.2 Å². The van der Waals surface area contributed by atoms with Crippen LogP contribution in [0.3, 0.4) is 0 Å². The standard InChI is InChI=1S/C20H17BrN2OS/c1-20(2)9-16-14(17(24)10-20)6-7-15(23-16)19-22-11-18(25-19)12-4-3-5-13(21)8-12/h3-8,11H,9-10H2,1-2H3. The molecule has 0 spiro atoms. The van der Waals surface area contributed by atoms with Crippen molar-refractivity contribution in [3.63, 3.8) is 0 Å². The maximum Gasteiger partial charge on any atom is 0.165 e. The van der Waals surface area contributed by atoms with Crippen molar-refractivity contribution in [3.05, 3.63) is 58.3 Å². The van der Waals surface area contributed by atoms with Crippen LogP contribution >= 0.6 is 27.3 Å². The van der Waals surface area contributed by atoms with Crippen molar-refractivity contribution in [1.29, 1.82) is 0 Å². The number of Topliss-reactive ketones (excluding diaryl/α,β-unsaturated/α-hetero) is 1. The van der Waals surface area contributed by atoms with Gasteiger partial charge < -0.3 is 0 Å². The van der Waals surface area contributed by atoms with E-state index in [0.29, 0.717) is 6.42 Å². The first-order valence-electron chi connectivity index (χ1n) is 8.17. The number of benzene rings is 1. The zero-order valence-electron chi connectivity index (χ0n) is 14.0. The van der Waals surface area contributed by atoms with E-state index in [1.807, 2.05) is 30.5 Å². The molecule has 0 saturated heterocycles. The van der Waals surface area contributed by atoms with E-state index in [1.54, 1.807) is 11.3 Å². The highest BCUT2D eigenvalue weighted by Gasteiger charge is 2.32. The molecular formula is C20H17BrN2OS. The number of hydrogen-bond acceptors (Lipinski definition) is 4. The highest BCUT2D eigenvalue weighted by Crippen LogP contribution is 2.36. The molecule has 0 N–H and O–H groups in total. The van der Waals surface area contributed by atoms with Crippen LogP contribution in [0.15, 0.2) is 47.1 Å². The Morgan fingerprint density at radius 2 is 2.00 bits per heavy atom. The molecule has 3 nitrogen and oxygen atoms in total. The van der Waals surface area contributed by atoms with E-state index in [1.165, 1.54) is 0 Å². The summed E-state index contributed by atoms with van der Waals surface area (Å²) in [6, 6.07) is 12.0. The van der Waals surface area contributed by atoms with Crippen LogP contribution in [0.5, 0.6) is 0 Å². The van der Waals surface area contributed by atoms with Gasteiger partial charge in [0.05, 0.1) is 16.3 Å². The second-order valence-electron chi connectivity index (χ2n) is 7.17. The molecule has 0 saturated carbocycles. The minimum absolute atomic E-state index is 0.0277. The number of halogens is 1. The Morgan fingerprint density at radius 1 is 1.16 bits per heavy atom. The van der Waals surface area contributed by atoms with Crippen molar-refractivity contribution in [2.24, 2.45) is 5.41 Å². The molecule has 0 bridgehead atoms. The maximum atomic E-state index is 12.3. The van der Waals surface area contributed by atoms with E-state index in [4.69, 9.17) is 4.98 Å². The number of ketones is 1. The van der Waals surface area contributed by atoms with E-state index in [2.05, 4.69) is 46.9 Å². The van der Waals surface area contributed by atoms with Crippen LogP contribution in [0.4, 0.5) is 0 Å². The van der Waals surface area contributed by atoms with Crippen molar-refractivity contribution in [3.8, 4) is 21.1 Å². The van der Waals surface area contributed by atoms with Crippen LogP contribution < -0.4 is 0 Å². The Hall–Kier alpha value is -1.85. The average molecular weight is 413 g/mol. The monoisotopic (exact) mass is 412 g/mol. The summed E-state index contributed by atoms with van der Waals surface area (Å²) in [4.78, 5) is 22.7. The van der Waals surface area contributed by atoms with Gasteiger partial charge >= 0.3 is 0 Å². The number of fused-ring (bicyclic) bond motifs is 1. The number of hydrogen-bond donors (Lipinski definition) is 0. The van der Waals surface area contributed by atoms with Crippen molar-refractivity contribution in [1.82, 2.24) is 9.97 Å². The Labute approximate surface area is 159 Å². The van der Waals surface area contributed by atoms with Gasteiger partial charge in [-0.1, -0.05) is 41.9 Å². The SMILES string of the molecule is CC1(C)CC(=O)c2ccc(-c3ncc(-c4cccc(Br)c4)s3)nc2C1. The van der Waals surface area contributed by atoms with Crippen LogP contribution in [-0.2, 0) is 6.42 Å². The molecule has 25 heavy (non-hydrogen) atoms. The van der Waals surface area contributed by atoms with Gasteiger partial charge in [0.1, 0.15) is 5.01 Å². The minimum atomic E-state index is -0.0277. The Balaban J connectivity index is 1.71. The number of rotatable bonds is 2. The number of nitrogens with zero attached hydrogens (tertiary/aromatic N) is 2. The summed E-state index contributed by atoms with van der Waals surface area (Å²) in [5.74, 6) is 0.194. The third-order valence-corrected chi connectivity index (χ3v) is 5.96. The second kappa shape index (κ2) is 6.15. The Morgan fingerprint density at radius 3 is 2.80 bits per heavy atom. The molecule has 2 aromatic heterocycles. The molecule has 0 amide bonds. The molecule has 0 atom stereocenters. The fourth-order valence-electron chi connectivity index (χ4n) is 3.22. The van der Waals surface area contributed by atoms with Gasteiger partial charge in [-0.15, -0.1) is 11.3 Å². The van der Waals surface area contributed by atoms with Crippen LogP contribution in [0.2, 0.25) is 0 Å². The largest absolute Gasteiger partial charge is 0.294 e. The normalized spacial score (nSPS) is 15.9. The third kappa shape index (κ3) is 3.31. The molecule has 0 unspecified atom stereocenters. The molecule has 1 aromatic carbocycles. The summed E-state index contributed by atoms with van der Waals surface area (Å²) in [6.45, 7) is 4.24. The molecule has 0 aliphatic heterocycles. The number of carbonyl (C=O) groups excluding carboxylic acids is 1. The first kappa shape index (κ1) is 16.6. The average Bonchev–Trinajstić information content (AvgIpc) is 3.03. The quantitative estimate of drug-likeness (QED) is 0.534. The Bertz CT molecular complexity index is 977. The lowest BCUT2D eigenvalue weighted by Crippen LogP contribution is -2.27. The van der Waals surface area contributed by atoms with E-state index in [0.717, 1.165) is 43.3 Å². The first-order valence-corrected chi connectivity index (χ1v) is 9.77. The lowest BCUT2D eigenvalue weighted by Gasteiger charge is -2.29.